The van der Waals surface area contributed by atoms with Gasteiger partial charge in [-0.15, -0.1) is 0 Å². The van der Waals surface area contributed by atoms with E-state index in [4.69, 9.17) is 4.74 Å². The molecule has 3 heterocycles. The van der Waals surface area contributed by atoms with Gasteiger partial charge in [0.2, 0.25) is 0 Å². The lowest BCUT2D eigenvalue weighted by atomic mass is 9.78. The Kier molecular flexibility index (Phi) is 1.96. The number of nitrogens with zero attached hydrogens (tertiary/aromatic N) is 2. The van der Waals surface area contributed by atoms with Gasteiger partial charge >= 0.3 is 6.03 Å². The number of hydrogen-bond donors (Lipinski definition) is 0. The van der Waals surface area contributed by atoms with Gasteiger partial charge in [0, 0.05) is 26.2 Å². The summed E-state index contributed by atoms with van der Waals surface area (Å²) in [7, 11) is 0. The van der Waals surface area contributed by atoms with Crippen LogP contribution < -0.4 is 0 Å². The van der Waals surface area contributed by atoms with Crippen molar-refractivity contribution in [3.05, 3.63) is 0 Å². The molecular weight excluding hydrogens is 192 g/mol. The minimum absolute atomic E-state index is 0.247. The van der Waals surface area contributed by atoms with Gasteiger partial charge in [-0.25, -0.2) is 4.79 Å². The molecule has 2 amide bonds. The van der Waals surface area contributed by atoms with Gasteiger partial charge in [-0.3, -0.25) is 0 Å². The third-order valence-corrected chi connectivity index (χ3v) is 3.83. The maximum Gasteiger partial charge on any atom is 0.320 e. The number of carbonyl (C=O) groups is 1. The highest BCUT2D eigenvalue weighted by atomic mass is 16.5. The lowest BCUT2D eigenvalue weighted by Gasteiger charge is -2.55. The molecule has 0 aromatic carbocycles. The van der Waals surface area contributed by atoms with E-state index >= 15 is 0 Å². The molecule has 0 bridgehead atoms. The van der Waals surface area contributed by atoms with Crippen LogP contribution in [0.15, 0.2) is 0 Å². The van der Waals surface area contributed by atoms with E-state index < -0.39 is 0 Å². The predicted molar refractivity (Wildman–Crippen MR) is 55.6 cm³/mol. The van der Waals surface area contributed by atoms with Crippen molar-refractivity contribution in [2.24, 2.45) is 11.3 Å². The highest BCUT2D eigenvalue weighted by Gasteiger charge is 2.51. The molecule has 0 aromatic rings. The van der Waals surface area contributed by atoms with Crippen LogP contribution in [-0.2, 0) is 4.74 Å². The molecule has 0 saturated carbocycles. The maximum atomic E-state index is 12.0. The van der Waals surface area contributed by atoms with E-state index in [0.717, 1.165) is 45.8 Å². The average molecular weight is 210 g/mol. The van der Waals surface area contributed by atoms with Crippen molar-refractivity contribution in [3.63, 3.8) is 0 Å². The quantitative estimate of drug-likeness (QED) is 0.592. The summed E-state index contributed by atoms with van der Waals surface area (Å²) in [5.41, 5.74) is 0.348. The first-order valence-electron chi connectivity index (χ1n) is 5.80. The second-order valence-electron chi connectivity index (χ2n) is 5.47. The van der Waals surface area contributed by atoms with Crippen molar-refractivity contribution in [1.82, 2.24) is 9.80 Å². The summed E-state index contributed by atoms with van der Waals surface area (Å²) in [5, 5.41) is 0. The molecule has 4 heteroatoms. The molecule has 0 N–H and O–H groups in total. The Labute approximate surface area is 90.2 Å². The van der Waals surface area contributed by atoms with Crippen LogP contribution in [-0.4, -0.2) is 55.2 Å². The molecule has 15 heavy (non-hydrogen) atoms. The van der Waals surface area contributed by atoms with E-state index in [1.807, 2.05) is 9.80 Å². The predicted octanol–water partition coefficient (Wildman–Crippen LogP) is 0.780. The number of likely N-dealkylation sites (tertiary alicyclic amines) is 2. The fourth-order valence-electron chi connectivity index (χ4n) is 2.78. The van der Waals surface area contributed by atoms with E-state index in [0.29, 0.717) is 11.3 Å². The van der Waals surface area contributed by atoms with Gasteiger partial charge in [-0.2, -0.15) is 0 Å². The first kappa shape index (κ1) is 9.46. The van der Waals surface area contributed by atoms with Gasteiger partial charge in [-0.05, 0) is 12.3 Å². The van der Waals surface area contributed by atoms with E-state index in [1.54, 1.807) is 0 Å². The molecule has 3 rings (SSSR count). The summed E-state index contributed by atoms with van der Waals surface area (Å²) in [6.07, 6.45) is 1.16. The monoisotopic (exact) mass is 210 g/mol. The molecule has 3 aliphatic heterocycles. The van der Waals surface area contributed by atoms with Gasteiger partial charge in [0.15, 0.2) is 0 Å². The van der Waals surface area contributed by atoms with Crippen LogP contribution >= 0.6 is 0 Å². The minimum atomic E-state index is 0.247. The van der Waals surface area contributed by atoms with E-state index in [1.165, 1.54) is 0 Å². The minimum Gasteiger partial charge on any atom is -0.380 e. The molecular formula is C11H18N2O2. The van der Waals surface area contributed by atoms with Crippen LogP contribution in [0.2, 0.25) is 0 Å². The largest absolute Gasteiger partial charge is 0.380 e. The Hall–Kier alpha value is -0.770. The van der Waals surface area contributed by atoms with E-state index in [-0.39, 0.29) is 6.03 Å². The number of carbonyl (C=O) groups excluding carboxylic acids is 1. The third-order valence-electron chi connectivity index (χ3n) is 3.83. The molecule has 4 nitrogen and oxygen atoms in total. The molecule has 1 atom stereocenters. The number of rotatable bonds is 0. The maximum absolute atomic E-state index is 12.0. The van der Waals surface area contributed by atoms with Gasteiger partial charge in [0.05, 0.1) is 18.6 Å². The fourth-order valence-corrected chi connectivity index (χ4v) is 2.78. The lowest BCUT2D eigenvalue weighted by Crippen LogP contribution is -2.68. The Morgan fingerprint density at radius 3 is 2.53 bits per heavy atom. The molecule has 0 radical (unpaired) electrons. The lowest BCUT2D eigenvalue weighted by molar-refractivity contribution is -0.177. The zero-order valence-corrected chi connectivity index (χ0v) is 9.24. The van der Waals surface area contributed by atoms with Gasteiger partial charge < -0.3 is 14.5 Å². The Morgan fingerprint density at radius 1 is 1.33 bits per heavy atom. The number of urea groups is 1. The fraction of sp³-hybridized carbons (Fsp3) is 0.909. The summed E-state index contributed by atoms with van der Waals surface area (Å²) in [6, 6.07) is 0.247. The molecule has 84 valence electrons. The first-order valence-corrected chi connectivity index (χ1v) is 5.80. The molecule has 1 spiro atoms. The van der Waals surface area contributed by atoms with Crippen molar-refractivity contribution < 1.29 is 9.53 Å². The van der Waals surface area contributed by atoms with Crippen LogP contribution in [0.25, 0.3) is 0 Å². The second-order valence-corrected chi connectivity index (χ2v) is 5.47. The van der Waals surface area contributed by atoms with Gasteiger partial charge in [0.1, 0.15) is 0 Å². The molecule has 3 aliphatic rings. The summed E-state index contributed by atoms with van der Waals surface area (Å²) in [6.45, 7) is 7.64. The van der Waals surface area contributed by atoms with Crippen LogP contribution in [0.5, 0.6) is 0 Å². The molecule has 0 aromatic heterocycles. The Balaban J connectivity index is 1.53. The molecule has 3 saturated heterocycles. The number of amides is 2. The summed E-state index contributed by atoms with van der Waals surface area (Å²) in [4.78, 5) is 16.0. The highest BCUT2D eigenvalue weighted by Crippen LogP contribution is 2.38. The summed E-state index contributed by atoms with van der Waals surface area (Å²) >= 11 is 0. The zero-order valence-electron chi connectivity index (χ0n) is 9.24. The van der Waals surface area contributed by atoms with Gasteiger partial charge in [-0.1, -0.05) is 6.92 Å². The third kappa shape index (κ3) is 1.42. The normalized spacial score (nSPS) is 32.7. The Morgan fingerprint density at radius 2 is 2.07 bits per heavy atom. The van der Waals surface area contributed by atoms with Crippen LogP contribution in [0.3, 0.4) is 0 Å². The van der Waals surface area contributed by atoms with Crippen molar-refractivity contribution >= 4 is 6.03 Å². The van der Waals surface area contributed by atoms with Crippen molar-refractivity contribution in [2.45, 2.75) is 13.3 Å². The summed E-state index contributed by atoms with van der Waals surface area (Å²) < 4.78 is 5.20. The standard InChI is InChI=1S/C11H18N2O2/c1-9-2-3-12(4-9)10(14)13-5-11(6-13)7-15-8-11/h9H,2-8H2,1H3. The zero-order chi connectivity index (χ0) is 10.5. The smallest absolute Gasteiger partial charge is 0.320 e. The Bertz CT molecular complexity index is 280. The van der Waals surface area contributed by atoms with Crippen molar-refractivity contribution in [2.75, 3.05) is 39.4 Å². The van der Waals surface area contributed by atoms with E-state index in [2.05, 4.69) is 6.92 Å². The molecule has 1 unspecified atom stereocenters. The molecule has 3 fully saturated rings. The average Bonchev–Trinajstić information content (AvgIpc) is 2.46. The van der Waals surface area contributed by atoms with Crippen LogP contribution in [0.1, 0.15) is 13.3 Å². The van der Waals surface area contributed by atoms with Crippen molar-refractivity contribution in [1.29, 1.82) is 0 Å². The van der Waals surface area contributed by atoms with E-state index in [9.17, 15) is 4.79 Å². The first-order chi connectivity index (χ1) is 7.19. The highest BCUT2D eigenvalue weighted by molar-refractivity contribution is 5.76. The molecule has 0 aliphatic carbocycles. The van der Waals surface area contributed by atoms with Crippen molar-refractivity contribution in [3.8, 4) is 0 Å². The van der Waals surface area contributed by atoms with Crippen LogP contribution in [0.4, 0.5) is 4.79 Å². The summed E-state index contributed by atoms with van der Waals surface area (Å²) in [5.74, 6) is 0.677. The van der Waals surface area contributed by atoms with Gasteiger partial charge in [0.25, 0.3) is 0 Å². The second kappa shape index (κ2) is 3.11. The topological polar surface area (TPSA) is 32.8 Å². The SMILES string of the molecule is CC1CCN(C(=O)N2CC3(COC3)C2)C1. The number of hydrogen-bond acceptors (Lipinski definition) is 2. The number of ether oxygens (including phenoxy) is 1. The van der Waals surface area contributed by atoms with Crippen LogP contribution in [0, 0.1) is 11.3 Å².